The van der Waals surface area contributed by atoms with E-state index >= 15 is 0 Å². The minimum Gasteiger partial charge on any atom is -0.481 e. The van der Waals surface area contributed by atoms with Crippen LogP contribution in [0.4, 0.5) is 13.2 Å². The van der Waals surface area contributed by atoms with Gasteiger partial charge in [0.2, 0.25) is 5.91 Å². The molecule has 0 saturated heterocycles. The Morgan fingerprint density at radius 2 is 1.67 bits per heavy atom. The number of nitrogens with one attached hydrogen (secondary N) is 1. The van der Waals surface area contributed by atoms with Crippen LogP contribution in [0.25, 0.3) is 0 Å². The van der Waals surface area contributed by atoms with E-state index in [-0.39, 0.29) is 0 Å². The Labute approximate surface area is 84.5 Å². The lowest BCUT2D eigenvalue weighted by Crippen LogP contribution is -2.56. The average molecular weight is 227 g/mol. The summed E-state index contributed by atoms with van der Waals surface area (Å²) < 4.78 is 37.4. The topological polar surface area (TPSA) is 66.4 Å². The maximum atomic E-state index is 12.5. The van der Waals surface area contributed by atoms with Gasteiger partial charge in [-0.2, -0.15) is 13.2 Å². The summed E-state index contributed by atoms with van der Waals surface area (Å²) in [7, 11) is 0. The summed E-state index contributed by atoms with van der Waals surface area (Å²) in [6, 6.07) is -2.40. The normalized spacial score (nSPS) is 14.5. The average Bonchev–Trinajstić information content (AvgIpc) is 1.97. The van der Waals surface area contributed by atoms with Crippen LogP contribution >= 0.6 is 0 Å². The van der Waals surface area contributed by atoms with Gasteiger partial charge in [-0.1, -0.05) is 0 Å². The number of hydrogen-bond acceptors (Lipinski definition) is 2. The standard InChI is InChI=1S/C8H12F3NO3/c1-4(13)12-5(8(9,10)11)7(2,3)6(14)15/h5H,1-3H3,(H,12,13)(H,14,15). The van der Waals surface area contributed by atoms with Gasteiger partial charge < -0.3 is 10.4 Å². The fourth-order valence-corrected chi connectivity index (χ4v) is 0.998. The highest BCUT2D eigenvalue weighted by Gasteiger charge is 2.53. The van der Waals surface area contributed by atoms with E-state index in [0.29, 0.717) is 0 Å². The summed E-state index contributed by atoms with van der Waals surface area (Å²) in [5.41, 5.74) is -2.11. The number of carbonyl (C=O) groups excluding carboxylic acids is 1. The Kier molecular flexibility index (Phi) is 3.73. The molecule has 0 rings (SSSR count). The van der Waals surface area contributed by atoms with Crippen LogP contribution in [0.2, 0.25) is 0 Å². The lowest BCUT2D eigenvalue weighted by molar-refractivity contribution is -0.193. The molecule has 1 amide bonds. The third-order valence-corrected chi connectivity index (χ3v) is 1.95. The molecule has 4 nitrogen and oxygen atoms in total. The fraction of sp³-hybridized carbons (Fsp3) is 0.750. The highest BCUT2D eigenvalue weighted by atomic mass is 19.4. The van der Waals surface area contributed by atoms with Crippen LogP contribution in [0, 0.1) is 5.41 Å². The van der Waals surface area contributed by atoms with Crippen LogP contribution in [0.5, 0.6) is 0 Å². The molecule has 0 aliphatic carbocycles. The molecule has 15 heavy (non-hydrogen) atoms. The third-order valence-electron chi connectivity index (χ3n) is 1.95. The molecule has 0 spiro atoms. The summed E-state index contributed by atoms with van der Waals surface area (Å²) >= 11 is 0. The minimum absolute atomic E-state index is 0.899. The number of carbonyl (C=O) groups is 2. The number of hydrogen-bond donors (Lipinski definition) is 2. The molecule has 0 aromatic carbocycles. The van der Waals surface area contributed by atoms with Gasteiger partial charge in [-0.25, -0.2) is 0 Å². The number of aliphatic carboxylic acids is 1. The SMILES string of the molecule is CC(=O)NC(C(F)(F)F)C(C)(C)C(=O)O. The van der Waals surface area contributed by atoms with Crippen molar-refractivity contribution in [1.29, 1.82) is 0 Å². The number of halogens is 3. The summed E-state index contributed by atoms with van der Waals surface area (Å²) in [6.45, 7) is 2.71. The van der Waals surface area contributed by atoms with Crippen molar-refractivity contribution in [2.75, 3.05) is 0 Å². The highest BCUT2D eigenvalue weighted by molar-refractivity contribution is 5.78. The number of alkyl halides is 3. The monoisotopic (exact) mass is 227 g/mol. The van der Waals surface area contributed by atoms with Crippen molar-refractivity contribution in [3.05, 3.63) is 0 Å². The van der Waals surface area contributed by atoms with Crippen molar-refractivity contribution in [2.45, 2.75) is 33.0 Å². The van der Waals surface area contributed by atoms with Gasteiger partial charge in [0.15, 0.2) is 0 Å². The molecular formula is C8H12F3NO3. The second kappa shape index (κ2) is 4.08. The molecule has 0 aromatic heterocycles. The number of carboxylic acid groups (broad SMARTS) is 1. The molecule has 0 bridgehead atoms. The Balaban J connectivity index is 5.11. The predicted octanol–water partition coefficient (Wildman–Crippen LogP) is 1.16. The van der Waals surface area contributed by atoms with Gasteiger partial charge >= 0.3 is 12.1 Å². The smallest absolute Gasteiger partial charge is 0.409 e. The second-order valence-electron chi connectivity index (χ2n) is 3.70. The van der Waals surface area contributed by atoms with Crippen LogP contribution < -0.4 is 5.32 Å². The molecule has 0 radical (unpaired) electrons. The van der Waals surface area contributed by atoms with E-state index in [0.717, 1.165) is 20.8 Å². The number of rotatable bonds is 3. The first-order valence-electron chi connectivity index (χ1n) is 4.06. The van der Waals surface area contributed by atoms with E-state index in [4.69, 9.17) is 5.11 Å². The highest BCUT2D eigenvalue weighted by Crippen LogP contribution is 2.33. The van der Waals surface area contributed by atoms with Gasteiger partial charge in [-0.3, -0.25) is 9.59 Å². The molecule has 0 saturated carbocycles. The molecule has 0 aromatic rings. The number of amides is 1. The van der Waals surface area contributed by atoms with Crippen molar-refractivity contribution in [2.24, 2.45) is 5.41 Å². The predicted molar refractivity (Wildman–Crippen MR) is 45.1 cm³/mol. The second-order valence-corrected chi connectivity index (χ2v) is 3.70. The quantitative estimate of drug-likeness (QED) is 0.760. The van der Waals surface area contributed by atoms with Gasteiger partial charge in [0, 0.05) is 6.92 Å². The summed E-state index contributed by atoms with van der Waals surface area (Å²) in [4.78, 5) is 21.2. The van der Waals surface area contributed by atoms with Crippen LogP contribution in [0.15, 0.2) is 0 Å². The molecule has 1 unspecified atom stereocenters. The van der Waals surface area contributed by atoms with E-state index in [1.165, 1.54) is 0 Å². The molecule has 88 valence electrons. The van der Waals surface area contributed by atoms with Crippen molar-refractivity contribution in [3.63, 3.8) is 0 Å². The molecule has 0 aliphatic heterocycles. The molecule has 7 heteroatoms. The molecule has 0 heterocycles. The maximum Gasteiger partial charge on any atom is 0.409 e. The third kappa shape index (κ3) is 3.41. The van der Waals surface area contributed by atoms with Gasteiger partial charge in [0.25, 0.3) is 0 Å². The minimum atomic E-state index is -4.80. The Morgan fingerprint density at radius 1 is 1.27 bits per heavy atom. The van der Waals surface area contributed by atoms with E-state index in [9.17, 15) is 22.8 Å². The van der Waals surface area contributed by atoms with Gasteiger partial charge in [-0.15, -0.1) is 0 Å². The van der Waals surface area contributed by atoms with E-state index in [2.05, 4.69) is 0 Å². The zero-order valence-electron chi connectivity index (χ0n) is 8.47. The Hall–Kier alpha value is -1.27. The Bertz CT molecular complexity index is 273. The Morgan fingerprint density at radius 3 is 1.87 bits per heavy atom. The molecule has 0 fully saturated rings. The first kappa shape index (κ1) is 13.7. The number of carboxylic acids is 1. The molecule has 2 N–H and O–H groups in total. The summed E-state index contributed by atoms with van der Waals surface area (Å²) in [5.74, 6) is -2.55. The summed E-state index contributed by atoms with van der Waals surface area (Å²) in [6.07, 6.45) is -4.80. The lowest BCUT2D eigenvalue weighted by Gasteiger charge is -2.32. The molecule has 0 aliphatic rings. The van der Waals surface area contributed by atoms with Crippen molar-refractivity contribution in [1.82, 2.24) is 5.32 Å². The largest absolute Gasteiger partial charge is 0.481 e. The summed E-state index contributed by atoms with van der Waals surface area (Å²) in [5, 5.41) is 10.2. The first-order valence-corrected chi connectivity index (χ1v) is 4.06. The van der Waals surface area contributed by atoms with Crippen LogP contribution in [-0.4, -0.2) is 29.2 Å². The molecular weight excluding hydrogens is 215 g/mol. The molecule has 1 atom stereocenters. The van der Waals surface area contributed by atoms with Crippen molar-refractivity contribution >= 4 is 11.9 Å². The fourth-order valence-electron chi connectivity index (χ4n) is 0.998. The van der Waals surface area contributed by atoms with Gasteiger partial charge in [0.1, 0.15) is 6.04 Å². The van der Waals surface area contributed by atoms with Crippen LogP contribution in [0.1, 0.15) is 20.8 Å². The maximum absolute atomic E-state index is 12.5. The van der Waals surface area contributed by atoms with Crippen LogP contribution in [-0.2, 0) is 9.59 Å². The zero-order chi connectivity index (χ0) is 12.4. The van der Waals surface area contributed by atoms with E-state index in [1.807, 2.05) is 0 Å². The van der Waals surface area contributed by atoms with Crippen LogP contribution in [0.3, 0.4) is 0 Å². The van der Waals surface area contributed by atoms with E-state index in [1.54, 1.807) is 5.32 Å². The van der Waals surface area contributed by atoms with Crippen molar-refractivity contribution < 1.29 is 27.9 Å². The van der Waals surface area contributed by atoms with E-state index < -0.39 is 29.5 Å². The lowest BCUT2D eigenvalue weighted by atomic mass is 9.84. The van der Waals surface area contributed by atoms with Gasteiger partial charge in [-0.05, 0) is 13.8 Å². The zero-order valence-corrected chi connectivity index (χ0v) is 8.47. The van der Waals surface area contributed by atoms with Crippen molar-refractivity contribution in [3.8, 4) is 0 Å². The first-order chi connectivity index (χ1) is 6.49. The van der Waals surface area contributed by atoms with Gasteiger partial charge in [0.05, 0.1) is 5.41 Å².